The van der Waals surface area contributed by atoms with Crippen LogP contribution in [-0.2, 0) is 15.8 Å². The van der Waals surface area contributed by atoms with Crippen molar-refractivity contribution in [2.45, 2.75) is 36.1 Å². The van der Waals surface area contributed by atoms with Crippen molar-refractivity contribution >= 4 is 35.0 Å². The van der Waals surface area contributed by atoms with Crippen molar-refractivity contribution < 1.29 is 40.3 Å². The fourth-order valence-corrected chi connectivity index (χ4v) is 4.40. The van der Waals surface area contributed by atoms with Crippen LogP contribution in [0, 0.1) is 23.3 Å². The number of rotatable bonds is 8. The van der Waals surface area contributed by atoms with Gasteiger partial charge in [-0.1, -0.05) is 43.3 Å². The Hall–Kier alpha value is -3.54. The highest BCUT2D eigenvalue weighted by atomic mass is 32.2. The van der Waals surface area contributed by atoms with Crippen molar-refractivity contribution in [1.29, 1.82) is 0 Å². The van der Waals surface area contributed by atoms with E-state index in [1.54, 1.807) is 47.8 Å². The van der Waals surface area contributed by atoms with Gasteiger partial charge < -0.3 is 10.6 Å². The number of hydrogen-bond donors (Lipinski definition) is 2. The van der Waals surface area contributed by atoms with E-state index in [9.17, 15) is 40.3 Å². The standard InChI is InChI=1S/C25H19F7N2O2S/c1-2-7-16(35)33-14-10-6-11-15(12-14)37-23(13-8-4-3-5-9-13)24(36)34-22-20(28)18(26)17(25(30,31)32)19(27)21(22)29/h3-6,8-12,23H,2,7H2,1H3,(H,33,35)(H,34,36). The number of nitrogens with one attached hydrogen (secondary N) is 2. The molecular weight excluding hydrogens is 525 g/mol. The van der Waals surface area contributed by atoms with Gasteiger partial charge in [0.1, 0.15) is 16.5 Å². The minimum Gasteiger partial charge on any atom is -0.326 e. The van der Waals surface area contributed by atoms with Gasteiger partial charge in [0, 0.05) is 17.0 Å². The number of alkyl halides is 3. The summed E-state index contributed by atoms with van der Waals surface area (Å²) in [7, 11) is 0. The molecule has 3 rings (SSSR count). The van der Waals surface area contributed by atoms with E-state index in [-0.39, 0.29) is 12.3 Å². The number of halogens is 7. The fourth-order valence-electron chi connectivity index (χ4n) is 3.31. The molecule has 0 heterocycles. The molecule has 2 amide bonds. The zero-order valence-corrected chi connectivity index (χ0v) is 19.9. The SMILES string of the molecule is CCCC(=O)Nc1cccc(SC(C(=O)Nc2c(F)c(F)c(C(F)(F)F)c(F)c2F)c2ccccc2)c1. The van der Waals surface area contributed by atoms with Crippen LogP contribution in [0.3, 0.4) is 0 Å². The van der Waals surface area contributed by atoms with E-state index in [0.29, 0.717) is 22.6 Å². The van der Waals surface area contributed by atoms with Gasteiger partial charge in [0.25, 0.3) is 0 Å². The van der Waals surface area contributed by atoms with Gasteiger partial charge in [-0.3, -0.25) is 9.59 Å². The molecule has 0 saturated carbocycles. The number of benzene rings is 3. The first-order valence-corrected chi connectivity index (χ1v) is 11.7. The molecule has 4 nitrogen and oxygen atoms in total. The molecule has 196 valence electrons. The van der Waals surface area contributed by atoms with Crippen LogP contribution in [0.15, 0.2) is 59.5 Å². The zero-order valence-electron chi connectivity index (χ0n) is 19.1. The van der Waals surface area contributed by atoms with Crippen molar-refractivity contribution in [3.05, 3.63) is 89.0 Å². The van der Waals surface area contributed by atoms with Crippen molar-refractivity contribution in [2.75, 3.05) is 10.6 Å². The number of amides is 2. The van der Waals surface area contributed by atoms with Crippen LogP contribution < -0.4 is 10.6 Å². The first kappa shape index (κ1) is 28.0. The van der Waals surface area contributed by atoms with Crippen LogP contribution in [0.25, 0.3) is 0 Å². The Kier molecular flexibility index (Phi) is 8.85. The Morgan fingerprint density at radius 1 is 0.865 bits per heavy atom. The lowest BCUT2D eigenvalue weighted by Crippen LogP contribution is -2.23. The van der Waals surface area contributed by atoms with Crippen molar-refractivity contribution in [1.82, 2.24) is 0 Å². The van der Waals surface area contributed by atoms with E-state index >= 15 is 0 Å². The predicted molar refractivity (Wildman–Crippen MR) is 125 cm³/mol. The second-order valence-corrected chi connectivity index (χ2v) is 8.91. The third-order valence-electron chi connectivity index (χ3n) is 4.98. The quantitative estimate of drug-likeness (QED) is 0.176. The maximum Gasteiger partial charge on any atom is 0.422 e. The molecule has 0 bridgehead atoms. The molecular formula is C25H19F7N2O2S. The topological polar surface area (TPSA) is 58.2 Å². The Morgan fingerprint density at radius 3 is 2.05 bits per heavy atom. The molecule has 0 radical (unpaired) electrons. The van der Waals surface area contributed by atoms with Gasteiger partial charge in [0.05, 0.1) is 0 Å². The van der Waals surface area contributed by atoms with Gasteiger partial charge in [0.15, 0.2) is 23.3 Å². The average Bonchev–Trinajstić information content (AvgIpc) is 2.84. The highest BCUT2D eigenvalue weighted by molar-refractivity contribution is 8.00. The van der Waals surface area contributed by atoms with Gasteiger partial charge >= 0.3 is 6.18 Å². The summed E-state index contributed by atoms with van der Waals surface area (Å²) in [5.41, 5.74) is -3.69. The van der Waals surface area contributed by atoms with E-state index in [0.717, 1.165) is 11.8 Å². The lowest BCUT2D eigenvalue weighted by Gasteiger charge is -2.19. The molecule has 37 heavy (non-hydrogen) atoms. The molecule has 0 saturated heterocycles. The molecule has 0 aliphatic carbocycles. The van der Waals surface area contributed by atoms with Crippen molar-refractivity contribution in [3.8, 4) is 0 Å². The third-order valence-corrected chi connectivity index (χ3v) is 6.23. The normalized spacial score (nSPS) is 12.2. The minimum absolute atomic E-state index is 0.237. The molecule has 3 aromatic rings. The van der Waals surface area contributed by atoms with Crippen molar-refractivity contribution in [3.63, 3.8) is 0 Å². The second-order valence-electron chi connectivity index (χ2n) is 7.73. The fraction of sp³-hybridized carbons (Fsp3) is 0.200. The predicted octanol–water partition coefficient (Wildman–Crippen LogP) is 7.47. The molecule has 0 aliphatic rings. The Labute approximate surface area is 211 Å². The molecule has 0 aliphatic heterocycles. The lowest BCUT2D eigenvalue weighted by atomic mass is 10.1. The van der Waals surface area contributed by atoms with Gasteiger partial charge in [-0.05, 0) is 30.2 Å². The molecule has 0 fully saturated rings. The number of hydrogen-bond acceptors (Lipinski definition) is 3. The zero-order chi connectivity index (χ0) is 27.3. The van der Waals surface area contributed by atoms with E-state index in [2.05, 4.69) is 5.32 Å². The highest BCUT2D eigenvalue weighted by Crippen LogP contribution is 2.40. The Morgan fingerprint density at radius 2 is 1.49 bits per heavy atom. The number of thioether (sulfide) groups is 1. The summed E-state index contributed by atoms with van der Waals surface area (Å²) in [5.74, 6) is -11.5. The van der Waals surface area contributed by atoms with Crippen molar-refractivity contribution in [2.24, 2.45) is 0 Å². The Balaban J connectivity index is 1.96. The summed E-state index contributed by atoms with van der Waals surface area (Å²) < 4.78 is 95.5. The van der Waals surface area contributed by atoms with E-state index < -0.39 is 51.9 Å². The van der Waals surface area contributed by atoms with E-state index in [1.165, 1.54) is 12.1 Å². The molecule has 0 spiro atoms. The van der Waals surface area contributed by atoms with Crippen LogP contribution >= 0.6 is 11.8 Å². The van der Waals surface area contributed by atoms with Crippen LogP contribution in [0.4, 0.5) is 42.1 Å². The van der Waals surface area contributed by atoms with Crippen LogP contribution in [0.2, 0.25) is 0 Å². The lowest BCUT2D eigenvalue weighted by molar-refractivity contribution is -0.143. The average molecular weight is 544 g/mol. The monoisotopic (exact) mass is 544 g/mol. The molecule has 12 heteroatoms. The summed E-state index contributed by atoms with van der Waals surface area (Å²) in [6.07, 6.45) is -4.81. The number of carbonyl (C=O) groups excluding carboxylic acids is 2. The highest BCUT2D eigenvalue weighted by Gasteiger charge is 2.42. The molecule has 0 aromatic heterocycles. The summed E-state index contributed by atoms with van der Waals surface area (Å²) in [6.45, 7) is 1.83. The summed E-state index contributed by atoms with van der Waals surface area (Å²) in [6, 6.07) is 14.1. The maximum atomic E-state index is 14.4. The van der Waals surface area contributed by atoms with Gasteiger partial charge in [-0.25, -0.2) is 17.6 Å². The Bertz CT molecular complexity index is 1270. The molecule has 3 aromatic carbocycles. The molecule has 2 N–H and O–H groups in total. The first-order valence-electron chi connectivity index (χ1n) is 10.8. The maximum absolute atomic E-state index is 14.4. The second kappa shape index (κ2) is 11.7. The number of anilines is 2. The summed E-state index contributed by atoms with van der Waals surface area (Å²) in [4.78, 5) is 25.4. The number of carbonyl (C=O) groups is 2. The smallest absolute Gasteiger partial charge is 0.326 e. The summed E-state index contributed by atoms with van der Waals surface area (Å²) >= 11 is 0.876. The van der Waals surface area contributed by atoms with Crippen LogP contribution in [-0.4, -0.2) is 11.8 Å². The van der Waals surface area contributed by atoms with Gasteiger partial charge in [-0.2, -0.15) is 13.2 Å². The first-order chi connectivity index (χ1) is 17.4. The third kappa shape index (κ3) is 6.62. The largest absolute Gasteiger partial charge is 0.422 e. The van der Waals surface area contributed by atoms with E-state index in [1.807, 2.05) is 6.92 Å². The molecule has 1 unspecified atom stereocenters. The van der Waals surface area contributed by atoms with Crippen LogP contribution in [0.5, 0.6) is 0 Å². The van der Waals surface area contributed by atoms with Gasteiger partial charge in [-0.15, -0.1) is 11.8 Å². The molecule has 1 atom stereocenters. The minimum atomic E-state index is -5.71. The van der Waals surface area contributed by atoms with Gasteiger partial charge in [0.2, 0.25) is 11.8 Å². The van der Waals surface area contributed by atoms with E-state index in [4.69, 9.17) is 0 Å². The summed E-state index contributed by atoms with van der Waals surface area (Å²) in [5, 5.41) is 3.12. The van der Waals surface area contributed by atoms with Crippen LogP contribution in [0.1, 0.15) is 36.1 Å².